The van der Waals surface area contributed by atoms with Crippen molar-refractivity contribution in [2.75, 3.05) is 5.75 Å². The van der Waals surface area contributed by atoms with Gasteiger partial charge in [0.1, 0.15) is 12.3 Å². The third-order valence-electron chi connectivity index (χ3n) is 3.47. The van der Waals surface area contributed by atoms with Crippen molar-refractivity contribution in [2.45, 2.75) is 17.9 Å². The van der Waals surface area contributed by atoms with Crippen molar-refractivity contribution in [1.82, 2.24) is 9.38 Å². The quantitative estimate of drug-likeness (QED) is 0.488. The van der Waals surface area contributed by atoms with E-state index < -0.39 is 17.6 Å². The number of fused-ring (bicyclic) bond motifs is 1. The molecular weight excluding hydrogens is 362 g/mol. The summed E-state index contributed by atoms with van der Waals surface area (Å²) < 4.78 is 32.5. The summed E-state index contributed by atoms with van der Waals surface area (Å²) in [5.41, 5.74) is 0.582. The zero-order valence-corrected chi connectivity index (χ0v) is 14.3. The third-order valence-corrected chi connectivity index (χ3v) is 4.47. The van der Waals surface area contributed by atoms with Crippen molar-refractivity contribution < 1.29 is 18.3 Å². The van der Waals surface area contributed by atoms with Crippen molar-refractivity contribution in [3.63, 3.8) is 0 Å². The second-order valence-electron chi connectivity index (χ2n) is 5.35. The first-order valence-corrected chi connectivity index (χ1v) is 8.72. The predicted molar refractivity (Wildman–Crippen MR) is 93.0 cm³/mol. The van der Waals surface area contributed by atoms with E-state index in [1.54, 1.807) is 24.4 Å². The van der Waals surface area contributed by atoms with Crippen LogP contribution in [0.1, 0.15) is 12.1 Å². The Kier molecular flexibility index (Phi) is 5.62. The Hall–Kier alpha value is -2.74. The Morgan fingerprint density at radius 1 is 1.15 bits per heavy atom. The molecule has 5 nitrogen and oxygen atoms in total. The summed E-state index contributed by atoms with van der Waals surface area (Å²) in [6.07, 6.45) is 1.70. The Morgan fingerprint density at radius 2 is 2.00 bits per heavy atom. The normalized spacial score (nSPS) is 10.8. The van der Waals surface area contributed by atoms with E-state index in [-0.39, 0.29) is 18.6 Å². The van der Waals surface area contributed by atoms with Gasteiger partial charge in [-0.15, -0.1) is 11.8 Å². The molecule has 0 aliphatic carbocycles. The number of rotatable bonds is 6. The van der Waals surface area contributed by atoms with Gasteiger partial charge in [0, 0.05) is 22.9 Å². The van der Waals surface area contributed by atoms with Crippen molar-refractivity contribution in [3.8, 4) is 0 Å². The average Bonchev–Trinajstić information content (AvgIpc) is 2.63. The maximum Gasteiger partial charge on any atom is 0.307 e. The molecule has 0 fully saturated rings. The van der Waals surface area contributed by atoms with E-state index in [0.29, 0.717) is 22.0 Å². The van der Waals surface area contributed by atoms with Crippen LogP contribution in [0.15, 0.2) is 58.4 Å². The smallest absolute Gasteiger partial charge is 0.307 e. The number of hydrogen-bond donors (Lipinski definition) is 0. The number of carbonyl (C=O) groups is 1. The highest BCUT2D eigenvalue weighted by Crippen LogP contribution is 2.21. The molecule has 0 bridgehead atoms. The molecule has 26 heavy (non-hydrogen) atoms. The van der Waals surface area contributed by atoms with Crippen molar-refractivity contribution in [3.05, 3.63) is 76.3 Å². The van der Waals surface area contributed by atoms with Crippen molar-refractivity contribution >= 4 is 23.4 Å². The Balaban J connectivity index is 1.51. The van der Waals surface area contributed by atoms with Gasteiger partial charge in [0.15, 0.2) is 11.6 Å². The first kappa shape index (κ1) is 18.1. The van der Waals surface area contributed by atoms with Gasteiger partial charge in [-0.25, -0.2) is 13.8 Å². The highest BCUT2D eigenvalue weighted by molar-refractivity contribution is 7.99. The lowest BCUT2D eigenvalue weighted by Crippen LogP contribution is -2.16. The van der Waals surface area contributed by atoms with E-state index in [1.807, 2.05) is 0 Å². The second kappa shape index (κ2) is 8.09. The Morgan fingerprint density at radius 3 is 2.81 bits per heavy atom. The standard InChI is InChI=1S/C18H14F2N2O3S/c19-14-5-4-13(10-15(14)20)26-8-6-18(24)25-11-12-9-17(23)22-7-2-1-3-16(22)21-12/h1-5,7,9-10H,6,8,11H2. The molecule has 0 spiro atoms. The topological polar surface area (TPSA) is 60.7 Å². The Labute approximate surface area is 151 Å². The van der Waals surface area contributed by atoms with Crippen LogP contribution in [0.25, 0.3) is 5.65 Å². The van der Waals surface area contributed by atoms with Gasteiger partial charge in [-0.1, -0.05) is 6.07 Å². The summed E-state index contributed by atoms with van der Waals surface area (Å²) in [6.45, 7) is -0.102. The molecule has 3 rings (SSSR count). The SMILES string of the molecule is O=C(CCSc1ccc(F)c(F)c1)OCc1cc(=O)n2ccccc2n1. The number of thioether (sulfide) groups is 1. The molecule has 8 heteroatoms. The lowest BCUT2D eigenvalue weighted by Gasteiger charge is -2.06. The van der Waals surface area contributed by atoms with E-state index in [9.17, 15) is 18.4 Å². The van der Waals surface area contributed by atoms with Gasteiger partial charge >= 0.3 is 5.97 Å². The lowest BCUT2D eigenvalue weighted by molar-refractivity contribution is -0.144. The van der Waals surface area contributed by atoms with Crippen LogP contribution in [-0.4, -0.2) is 21.1 Å². The number of hydrogen-bond acceptors (Lipinski definition) is 5. The highest BCUT2D eigenvalue weighted by Gasteiger charge is 2.08. The molecule has 0 amide bonds. The molecular formula is C18H14F2N2O3S. The molecule has 0 unspecified atom stereocenters. The summed E-state index contributed by atoms with van der Waals surface area (Å²) >= 11 is 1.22. The zero-order chi connectivity index (χ0) is 18.5. The zero-order valence-electron chi connectivity index (χ0n) is 13.5. The average molecular weight is 376 g/mol. The number of esters is 1. The number of aromatic nitrogens is 2. The molecule has 1 aromatic carbocycles. The fourth-order valence-electron chi connectivity index (χ4n) is 2.22. The van der Waals surface area contributed by atoms with E-state index in [0.717, 1.165) is 12.1 Å². The van der Waals surface area contributed by atoms with Crippen LogP contribution >= 0.6 is 11.8 Å². The van der Waals surface area contributed by atoms with E-state index in [4.69, 9.17) is 4.74 Å². The van der Waals surface area contributed by atoms with Crippen LogP contribution in [0.4, 0.5) is 8.78 Å². The minimum atomic E-state index is -0.925. The number of carbonyl (C=O) groups excluding carboxylic acids is 1. The molecule has 134 valence electrons. The fraction of sp³-hybridized carbons (Fsp3) is 0.167. The second-order valence-corrected chi connectivity index (χ2v) is 6.52. The maximum atomic E-state index is 13.1. The number of benzene rings is 1. The van der Waals surface area contributed by atoms with Crippen molar-refractivity contribution in [1.29, 1.82) is 0 Å². The maximum absolute atomic E-state index is 13.1. The van der Waals surface area contributed by atoms with Gasteiger partial charge in [0.25, 0.3) is 5.56 Å². The monoisotopic (exact) mass is 376 g/mol. The third kappa shape index (κ3) is 4.45. The first-order chi connectivity index (χ1) is 12.5. The predicted octanol–water partition coefficient (Wildman–Crippen LogP) is 3.20. The molecule has 3 aromatic rings. The van der Waals surface area contributed by atoms with Gasteiger partial charge in [-0.3, -0.25) is 14.0 Å². The molecule has 0 atom stereocenters. The lowest BCUT2D eigenvalue weighted by atomic mass is 10.3. The molecule has 2 aromatic heterocycles. The molecule has 0 saturated carbocycles. The molecule has 2 heterocycles. The summed E-state index contributed by atoms with van der Waals surface area (Å²) in [6, 6.07) is 10.0. The fourth-order valence-corrected chi connectivity index (χ4v) is 3.08. The van der Waals surface area contributed by atoms with E-state index >= 15 is 0 Å². The van der Waals surface area contributed by atoms with E-state index in [2.05, 4.69) is 4.98 Å². The molecule has 0 radical (unpaired) electrons. The van der Waals surface area contributed by atoms with Gasteiger partial charge in [0.2, 0.25) is 0 Å². The minimum absolute atomic E-state index is 0.0935. The van der Waals surface area contributed by atoms with Gasteiger partial charge < -0.3 is 4.74 Å². The van der Waals surface area contributed by atoms with Crippen LogP contribution < -0.4 is 5.56 Å². The van der Waals surface area contributed by atoms with Gasteiger partial charge in [0.05, 0.1) is 12.1 Å². The van der Waals surface area contributed by atoms with Crippen LogP contribution in [0, 0.1) is 11.6 Å². The molecule has 0 aliphatic rings. The van der Waals surface area contributed by atoms with Crippen LogP contribution in [0.3, 0.4) is 0 Å². The summed E-state index contributed by atoms with van der Waals surface area (Å²) in [5, 5.41) is 0. The largest absolute Gasteiger partial charge is 0.459 e. The van der Waals surface area contributed by atoms with Crippen LogP contribution in [0.5, 0.6) is 0 Å². The van der Waals surface area contributed by atoms with E-state index in [1.165, 1.54) is 28.3 Å². The molecule has 0 N–H and O–H groups in total. The van der Waals surface area contributed by atoms with Gasteiger partial charge in [-0.2, -0.15) is 0 Å². The number of pyridine rings is 1. The summed E-state index contributed by atoms with van der Waals surface area (Å²) in [5.74, 6) is -1.94. The van der Waals surface area contributed by atoms with Crippen molar-refractivity contribution in [2.24, 2.45) is 0 Å². The van der Waals surface area contributed by atoms with Gasteiger partial charge in [-0.05, 0) is 30.3 Å². The Bertz CT molecular complexity index is 1010. The number of halogens is 2. The summed E-state index contributed by atoms with van der Waals surface area (Å²) in [7, 11) is 0. The summed E-state index contributed by atoms with van der Waals surface area (Å²) in [4.78, 5) is 28.5. The van der Waals surface area contributed by atoms with Crippen LogP contribution in [-0.2, 0) is 16.1 Å². The first-order valence-electron chi connectivity index (χ1n) is 7.74. The number of nitrogens with zero attached hydrogens (tertiary/aromatic N) is 2. The molecule has 0 saturated heterocycles. The minimum Gasteiger partial charge on any atom is -0.459 e. The van der Waals surface area contributed by atoms with Crippen LogP contribution in [0.2, 0.25) is 0 Å². The number of ether oxygens (including phenoxy) is 1. The highest BCUT2D eigenvalue weighted by atomic mass is 32.2. The molecule has 0 aliphatic heterocycles.